The molecule has 5 nitrogen and oxygen atoms in total. The Hall–Kier alpha value is -3.21. The van der Waals surface area contributed by atoms with Gasteiger partial charge in [-0.2, -0.15) is 0 Å². The zero-order chi connectivity index (χ0) is 17.3. The highest BCUT2D eigenvalue weighted by atomic mass is 16.3. The van der Waals surface area contributed by atoms with Gasteiger partial charge in [-0.15, -0.1) is 0 Å². The third-order valence-electron chi connectivity index (χ3n) is 3.61. The fraction of sp³-hybridized carbons (Fsp3) is 0.150. The van der Waals surface area contributed by atoms with Crippen LogP contribution < -0.4 is 0 Å². The first-order valence-electron chi connectivity index (χ1n) is 8.21. The van der Waals surface area contributed by atoms with Crippen molar-refractivity contribution in [2.45, 2.75) is 6.42 Å². The highest BCUT2D eigenvalue weighted by Crippen LogP contribution is 2.14. The van der Waals surface area contributed by atoms with Gasteiger partial charge in [-0.1, -0.05) is 42.5 Å². The van der Waals surface area contributed by atoms with Crippen LogP contribution in [0.2, 0.25) is 0 Å². The number of phenolic OH excluding ortho intramolecular Hbond substituents is 1. The number of aliphatic imine (C=N–C) groups is 2. The van der Waals surface area contributed by atoms with E-state index in [-0.39, 0.29) is 5.75 Å². The van der Waals surface area contributed by atoms with Crippen molar-refractivity contribution in [3.8, 4) is 17.1 Å². The number of aromatic hydroxyl groups is 1. The second-order valence-electron chi connectivity index (χ2n) is 5.54. The van der Waals surface area contributed by atoms with E-state index < -0.39 is 0 Å². The number of nitrogens with one attached hydrogen (secondary N) is 1. The molecular formula is C20H20N4O. The Labute approximate surface area is 146 Å². The molecule has 0 atom stereocenters. The predicted molar refractivity (Wildman–Crippen MR) is 102 cm³/mol. The molecule has 3 aromatic rings. The summed E-state index contributed by atoms with van der Waals surface area (Å²) in [5, 5.41) is 9.64. The minimum atomic E-state index is 0.248. The number of imidazole rings is 1. The molecule has 0 saturated carbocycles. The number of hydrogen-bond donors (Lipinski definition) is 2. The Bertz CT molecular complexity index is 853. The van der Waals surface area contributed by atoms with E-state index in [1.807, 2.05) is 42.5 Å². The van der Waals surface area contributed by atoms with E-state index in [0.717, 1.165) is 29.1 Å². The SMILES string of the molecule is Oc1ccccc1C=NCCCN=Cc1cnc(-c2ccccc2)[nH]1. The molecule has 0 spiro atoms. The van der Waals surface area contributed by atoms with Crippen molar-refractivity contribution in [2.75, 3.05) is 13.1 Å². The molecule has 3 rings (SSSR count). The molecule has 2 N–H and O–H groups in total. The van der Waals surface area contributed by atoms with Gasteiger partial charge in [0.15, 0.2) is 0 Å². The quantitative estimate of drug-likeness (QED) is 0.511. The maximum atomic E-state index is 9.64. The van der Waals surface area contributed by atoms with E-state index >= 15 is 0 Å². The van der Waals surface area contributed by atoms with Crippen molar-refractivity contribution in [2.24, 2.45) is 9.98 Å². The summed E-state index contributed by atoms with van der Waals surface area (Å²) in [5.41, 5.74) is 2.68. The lowest BCUT2D eigenvalue weighted by molar-refractivity contribution is 0.474. The molecule has 0 bridgehead atoms. The van der Waals surface area contributed by atoms with Crippen LogP contribution in [0.1, 0.15) is 17.7 Å². The summed E-state index contributed by atoms with van der Waals surface area (Å²) in [6.45, 7) is 1.36. The number of aromatic nitrogens is 2. The Morgan fingerprint density at radius 2 is 1.64 bits per heavy atom. The van der Waals surface area contributed by atoms with Gasteiger partial charge in [0.25, 0.3) is 0 Å². The summed E-state index contributed by atoms with van der Waals surface area (Å²) in [6.07, 6.45) is 6.12. The molecule has 5 heteroatoms. The van der Waals surface area contributed by atoms with Crippen LogP contribution in [0.15, 0.2) is 70.8 Å². The van der Waals surface area contributed by atoms with Crippen molar-refractivity contribution < 1.29 is 5.11 Å². The van der Waals surface area contributed by atoms with E-state index in [0.29, 0.717) is 13.1 Å². The molecular weight excluding hydrogens is 312 g/mol. The van der Waals surface area contributed by atoms with Crippen molar-refractivity contribution in [3.05, 3.63) is 72.1 Å². The van der Waals surface area contributed by atoms with E-state index in [1.54, 1.807) is 30.8 Å². The van der Waals surface area contributed by atoms with Gasteiger partial charge in [-0.3, -0.25) is 9.98 Å². The first-order valence-corrected chi connectivity index (χ1v) is 8.21. The molecule has 1 aromatic heterocycles. The molecule has 126 valence electrons. The lowest BCUT2D eigenvalue weighted by Gasteiger charge is -1.96. The number of hydrogen-bond acceptors (Lipinski definition) is 4. The van der Waals surface area contributed by atoms with Crippen LogP contribution in [0.4, 0.5) is 0 Å². The first kappa shape index (κ1) is 16.6. The summed E-state index contributed by atoms with van der Waals surface area (Å²) in [6, 6.07) is 17.1. The zero-order valence-electron chi connectivity index (χ0n) is 13.8. The Balaban J connectivity index is 1.43. The van der Waals surface area contributed by atoms with Crippen LogP contribution in [0.5, 0.6) is 5.75 Å². The molecule has 0 aliphatic heterocycles. The van der Waals surface area contributed by atoms with Crippen molar-refractivity contribution >= 4 is 12.4 Å². The number of H-pyrrole nitrogens is 1. The van der Waals surface area contributed by atoms with Gasteiger partial charge in [-0.05, 0) is 18.6 Å². The lowest BCUT2D eigenvalue weighted by Crippen LogP contribution is -1.90. The van der Waals surface area contributed by atoms with Gasteiger partial charge in [0.1, 0.15) is 11.6 Å². The van der Waals surface area contributed by atoms with Crippen molar-refractivity contribution in [1.29, 1.82) is 0 Å². The molecule has 0 aliphatic rings. The Morgan fingerprint density at radius 1 is 0.920 bits per heavy atom. The number of rotatable bonds is 7. The molecule has 0 amide bonds. The number of phenols is 1. The zero-order valence-corrected chi connectivity index (χ0v) is 13.8. The molecule has 0 radical (unpaired) electrons. The van der Waals surface area contributed by atoms with Crippen LogP contribution in [0.3, 0.4) is 0 Å². The first-order chi connectivity index (χ1) is 12.3. The molecule has 0 unspecified atom stereocenters. The van der Waals surface area contributed by atoms with E-state index in [4.69, 9.17) is 0 Å². The smallest absolute Gasteiger partial charge is 0.137 e. The number of benzene rings is 2. The molecule has 0 aliphatic carbocycles. The van der Waals surface area contributed by atoms with Gasteiger partial charge >= 0.3 is 0 Å². The van der Waals surface area contributed by atoms with Gasteiger partial charge < -0.3 is 10.1 Å². The van der Waals surface area contributed by atoms with Gasteiger partial charge in [0.2, 0.25) is 0 Å². The van der Waals surface area contributed by atoms with E-state index in [9.17, 15) is 5.11 Å². The summed E-state index contributed by atoms with van der Waals surface area (Å²) in [5.74, 6) is 1.09. The predicted octanol–water partition coefficient (Wildman–Crippen LogP) is 3.71. The molecule has 1 heterocycles. The average Bonchev–Trinajstić information content (AvgIpc) is 3.12. The molecule has 2 aromatic carbocycles. The maximum Gasteiger partial charge on any atom is 0.137 e. The molecule has 25 heavy (non-hydrogen) atoms. The minimum absolute atomic E-state index is 0.248. The van der Waals surface area contributed by atoms with Crippen LogP contribution in [-0.4, -0.2) is 40.6 Å². The van der Waals surface area contributed by atoms with Gasteiger partial charge in [-0.25, -0.2) is 4.98 Å². The number of para-hydroxylation sites is 1. The van der Waals surface area contributed by atoms with Gasteiger partial charge in [0.05, 0.1) is 11.9 Å². The third kappa shape index (κ3) is 4.88. The second kappa shape index (κ2) is 8.59. The van der Waals surface area contributed by atoms with Crippen LogP contribution in [0, 0.1) is 0 Å². The fourth-order valence-electron chi connectivity index (χ4n) is 2.32. The minimum Gasteiger partial charge on any atom is -0.507 e. The van der Waals surface area contributed by atoms with Crippen LogP contribution in [0.25, 0.3) is 11.4 Å². The van der Waals surface area contributed by atoms with Gasteiger partial charge in [0, 0.05) is 36.6 Å². The summed E-state index contributed by atoms with van der Waals surface area (Å²) >= 11 is 0. The highest BCUT2D eigenvalue weighted by Gasteiger charge is 2.00. The average molecular weight is 332 g/mol. The van der Waals surface area contributed by atoms with E-state index in [1.165, 1.54) is 0 Å². The topological polar surface area (TPSA) is 73.6 Å². The van der Waals surface area contributed by atoms with E-state index in [2.05, 4.69) is 20.0 Å². The Kier molecular flexibility index (Phi) is 5.72. The standard InChI is InChI=1S/C20H20N4O/c25-19-10-5-4-9-17(19)13-21-11-6-12-22-14-18-15-23-20(24-18)16-7-2-1-3-8-16/h1-5,7-10,13-15,25H,6,11-12H2,(H,23,24). The normalized spacial score (nSPS) is 11.5. The van der Waals surface area contributed by atoms with Crippen molar-refractivity contribution in [1.82, 2.24) is 9.97 Å². The molecule has 0 fully saturated rings. The Morgan fingerprint density at radius 3 is 2.44 bits per heavy atom. The summed E-state index contributed by atoms with van der Waals surface area (Å²) in [7, 11) is 0. The largest absolute Gasteiger partial charge is 0.507 e. The number of aromatic amines is 1. The second-order valence-corrected chi connectivity index (χ2v) is 5.54. The summed E-state index contributed by atoms with van der Waals surface area (Å²) < 4.78 is 0. The number of nitrogens with zero attached hydrogens (tertiary/aromatic N) is 3. The van der Waals surface area contributed by atoms with Crippen LogP contribution >= 0.6 is 0 Å². The third-order valence-corrected chi connectivity index (χ3v) is 3.61. The lowest BCUT2D eigenvalue weighted by atomic mass is 10.2. The monoisotopic (exact) mass is 332 g/mol. The maximum absolute atomic E-state index is 9.64. The fourth-order valence-corrected chi connectivity index (χ4v) is 2.32. The summed E-state index contributed by atoms with van der Waals surface area (Å²) in [4.78, 5) is 16.3. The van der Waals surface area contributed by atoms with Crippen LogP contribution in [-0.2, 0) is 0 Å². The highest BCUT2D eigenvalue weighted by molar-refractivity contribution is 5.83. The van der Waals surface area contributed by atoms with Crippen molar-refractivity contribution in [3.63, 3.8) is 0 Å². The molecule has 0 saturated heterocycles.